The molecule has 0 aliphatic heterocycles. The van der Waals surface area contributed by atoms with Gasteiger partial charge in [0.25, 0.3) is 0 Å². The van der Waals surface area contributed by atoms with E-state index in [0.717, 1.165) is 5.69 Å². The summed E-state index contributed by atoms with van der Waals surface area (Å²) in [4.78, 5) is 16.2. The number of methoxy groups -OCH3 is 1. The summed E-state index contributed by atoms with van der Waals surface area (Å²) >= 11 is 1.33. The zero-order valence-corrected chi connectivity index (χ0v) is 15.6. The van der Waals surface area contributed by atoms with Gasteiger partial charge in [-0.2, -0.15) is 0 Å². The maximum absolute atomic E-state index is 12.2. The largest absolute Gasteiger partial charge is 0.481 e. The third-order valence-electron chi connectivity index (χ3n) is 3.85. The van der Waals surface area contributed by atoms with Gasteiger partial charge >= 0.3 is 0 Å². The molecule has 3 rings (SSSR count). The van der Waals surface area contributed by atoms with Crippen LogP contribution in [0.15, 0.2) is 48.0 Å². The van der Waals surface area contributed by atoms with Crippen LogP contribution in [0.3, 0.4) is 0 Å². The fraction of sp³-hybridized carbons (Fsp3) is 0.222. The second kappa shape index (κ2) is 8.01. The molecule has 2 heterocycles. The molecule has 1 aromatic carbocycles. The molecular formula is C18H19N5O2S. The van der Waals surface area contributed by atoms with Crippen molar-refractivity contribution in [3.63, 3.8) is 0 Å². The normalized spacial score (nSPS) is 10.6. The van der Waals surface area contributed by atoms with Crippen molar-refractivity contribution in [3.8, 4) is 11.6 Å². The van der Waals surface area contributed by atoms with Crippen LogP contribution in [0.25, 0.3) is 5.69 Å². The zero-order valence-electron chi connectivity index (χ0n) is 14.8. The lowest BCUT2D eigenvalue weighted by molar-refractivity contribution is -0.113. The lowest BCUT2D eigenvalue weighted by Crippen LogP contribution is -2.14. The van der Waals surface area contributed by atoms with Crippen LogP contribution >= 0.6 is 11.8 Å². The number of carbonyl (C=O) groups excluding carboxylic acids is 1. The smallest absolute Gasteiger partial charge is 0.234 e. The van der Waals surface area contributed by atoms with Crippen LogP contribution in [-0.4, -0.2) is 38.5 Å². The van der Waals surface area contributed by atoms with Crippen molar-refractivity contribution in [2.24, 2.45) is 0 Å². The molecule has 0 atom stereocenters. The van der Waals surface area contributed by atoms with Crippen LogP contribution in [-0.2, 0) is 4.79 Å². The molecule has 26 heavy (non-hydrogen) atoms. The number of anilines is 1. The number of aryl methyl sites for hydroxylation is 2. The molecule has 0 saturated heterocycles. The summed E-state index contributed by atoms with van der Waals surface area (Å²) in [6, 6.07) is 9.58. The highest BCUT2D eigenvalue weighted by Gasteiger charge is 2.11. The molecule has 0 aliphatic carbocycles. The summed E-state index contributed by atoms with van der Waals surface area (Å²) < 4.78 is 6.87. The number of pyridine rings is 1. The first-order valence-corrected chi connectivity index (χ1v) is 8.95. The number of thioether (sulfide) groups is 1. The van der Waals surface area contributed by atoms with Crippen LogP contribution in [0, 0.1) is 13.8 Å². The van der Waals surface area contributed by atoms with E-state index in [-0.39, 0.29) is 11.7 Å². The van der Waals surface area contributed by atoms with Crippen LogP contribution in [0.2, 0.25) is 0 Å². The number of nitrogens with one attached hydrogen (secondary N) is 1. The zero-order chi connectivity index (χ0) is 18.5. The first-order chi connectivity index (χ1) is 12.6. The lowest BCUT2D eigenvalue weighted by Gasteiger charge is -2.09. The minimum absolute atomic E-state index is 0.142. The van der Waals surface area contributed by atoms with Gasteiger partial charge < -0.3 is 10.1 Å². The van der Waals surface area contributed by atoms with Crippen molar-refractivity contribution in [1.29, 1.82) is 0 Å². The molecule has 8 heteroatoms. The summed E-state index contributed by atoms with van der Waals surface area (Å²) in [5.74, 6) is 0.575. The molecule has 134 valence electrons. The number of hydrogen-bond donors (Lipinski definition) is 1. The Bertz CT molecular complexity index is 908. The number of amides is 1. The summed E-state index contributed by atoms with van der Waals surface area (Å²) in [6.07, 6.45) is 3.21. The van der Waals surface area contributed by atoms with E-state index in [1.54, 1.807) is 31.8 Å². The average molecular weight is 369 g/mol. The van der Waals surface area contributed by atoms with E-state index in [2.05, 4.69) is 46.5 Å². The minimum atomic E-state index is -0.142. The van der Waals surface area contributed by atoms with Crippen molar-refractivity contribution in [1.82, 2.24) is 19.7 Å². The SMILES string of the molecule is COc1ccc(NC(=O)CSc2nncn2-c2ccc(C)c(C)c2)cn1. The van der Waals surface area contributed by atoms with Crippen molar-refractivity contribution >= 4 is 23.4 Å². The quantitative estimate of drug-likeness (QED) is 0.673. The highest BCUT2D eigenvalue weighted by atomic mass is 32.2. The topological polar surface area (TPSA) is 81.9 Å². The third kappa shape index (κ3) is 4.20. The lowest BCUT2D eigenvalue weighted by atomic mass is 10.1. The molecule has 0 bridgehead atoms. The van der Waals surface area contributed by atoms with Crippen molar-refractivity contribution < 1.29 is 9.53 Å². The number of benzene rings is 1. The maximum atomic E-state index is 12.2. The molecule has 0 spiro atoms. The molecule has 1 amide bonds. The Morgan fingerprint density at radius 2 is 2.08 bits per heavy atom. The van der Waals surface area contributed by atoms with Gasteiger partial charge in [0.1, 0.15) is 6.33 Å². The predicted octanol–water partition coefficient (Wildman–Crippen LogP) is 3.02. The summed E-state index contributed by atoms with van der Waals surface area (Å²) in [5, 5.41) is 11.5. The second-order valence-corrected chi connectivity index (χ2v) is 6.62. The monoisotopic (exact) mass is 369 g/mol. The molecule has 0 radical (unpaired) electrons. The van der Waals surface area contributed by atoms with Gasteiger partial charge in [0, 0.05) is 11.8 Å². The maximum Gasteiger partial charge on any atom is 0.234 e. The number of rotatable bonds is 6. The van der Waals surface area contributed by atoms with Crippen LogP contribution in [0.1, 0.15) is 11.1 Å². The number of ether oxygens (including phenoxy) is 1. The van der Waals surface area contributed by atoms with Gasteiger partial charge in [-0.25, -0.2) is 4.98 Å². The Morgan fingerprint density at radius 1 is 1.23 bits per heavy atom. The van der Waals surface area contributed by atoms with E-state index in [9.17, 15) is 4.79 Å². The van der Waals surface area contributed by atoms with E-state index < -0.39 is 0 Å². The molecule has 0 fully saturated rings. The summed E-state index contributed by atoms with van der Waals surface area (Å²) in [5.41, 5.74) is 4.01. The van der Waals surface area contributed by atoms with E-state index in [1.165, 1.54) is 22.9 Å². The predicted molar refractivity (Wildman–Crippen MR) is 101 cm³/mol. The van der Waals surface area contributed by atoms with Gasteiger partial charge in [0.15, 0.2) is 5.16 Å². The Labute approximate surface area is 155 Å². The molecule has 3 aromatic rings. The number of carbonyl (C=O) groups is 1. The second-order valence-electron chi connectivity index (χ2n) is 5.68. The fourth-order valence-corrected chi connectivity index (χ4v) is 3.01. The Hall–Kier alpha value is -2.87. The minimum Gasteiger partial charge on any atom is -0.481 e. The third-order valence-corrected chi connectivity index (χ3v) is 4.79. The Morgan fingerprint density at radius 3 is 2.77 bits per heavy atom. The molecular weight excluding hydrogens is 350 g/mol. The molecule has 7 nitrogen and oxygen atoms in total. The van der Waals surface area contributed by atoms with Crippen molar-refractivity contribution in [2.45, 2.75) is 19.0 Å². The van der Waals surface area contributed by atoms with Gasteiger partial charge in [-0.05, 0) is 43.2 Å². The van der Waals surface area contributed by atoms with Crippen LogP contribution in [0.4, 0.5) is 5.69 Å². The van der Waals surface area contributed by atoms with Gasteiger partial charge in [0.05, 0.1) is 24.7 Å². The number of aromatic nitrogens is 4. The van der Waals surface area contributed by atoms with E-state index in [4.69, 9.17) is 4.74 Å². The van der Waals surface area contributed by atoms with Crippen LogP contribution in [0.5, 0.6) is 5.88 Å². The summed E-state index contributed by atoms with van der Waals surface area (Å²) in [6.45, 7) is 4.13. The van der Waals surface area contributed by atoms with E-state index >= 15 is 0 Å². The summed E-state index contributed by atoms with van der Waals surface area (Å²) in [7, 11) is 1.54. The van der Waals surface area contributed by atoms with Gasteiger partial charge in [-0.3, -0.25) is 9.36 Å². The highest BCUT2D eigenvalue weighted by molar-refractivity contribution is 7.99. The highest BCUT2D eigenvalue weighted by Crippen LogP contribution is 2.21. The van der Waals surface area contributed by atoms with E-state index in [1.807, 2.05) is 10.6 Å². The standard InChI is InChI=1S/C18H19N5O2S/c1-12-4-6-15(8-13(12)2)23-11-20-22-18(23)26-10-16(24)21-14-5-7-17(25-3)19-9-14/h4-9,11H,10H2,1-3H3,(H,21,24). The average Bonchev–Trinajstić information content (AvgIpc) is 3.11. The van der Waals surface area contributed by atoms with Gasteiger partial charge in [-0.15, -0.1) is 10.2 Å². The Balaban J connectivity index is 1.63. The van der Waals surface area contributed by atoms with Crippen molar-refractivity contribution in [2.75, 3.05) is 18.2 Å². The fourth-order valence-electron chi connectivity index (χ4n) is 2.28. The molecule has 2 aromatic heterocycles. The van der Waals surface area contributed by atoms with Gasteiger partial charge in [-0.1, -0.05) is 17.8 Å². The molecule has 0 unspecified atom stereocenters. The first-order valence-electron chi connectivity index (χ1n) is 7.97. The molecule has 1 N–H and O–H groups in total. The first kappa shape index (κ1) is 17.9. The van der Waals surface area contributed by atoms with Gasteiger partial charge in [0.2, 0.25) is 11.8 Å². The van der Waals surface area contributed by atoms with E-state index in [0.29, 0.717) is 16.7 Å². The molecule has 0 saturated carbocycles. The van der Waals surface area contributed by atoms with Crippen LogP contribution < -0.4 is 10.1 Å². The number of nitrogens with zero attached hydrogens (tertiary/aromatic N) is 4. The van der Waals surface area contributed by atoms with Crippen molar-refractivity contribution in [3.05, 3.63) is 54.0 Å². The Kier molecular flexibility index (Phi) is 5.52. The molecule has 0 aliphatic rings. The number of hydrogen-bond acceptors (Lipinski definition) is 6.